The van der Waals surface area contributed by atoms with Crippen molar-refractivity contribution in [3.8, 4) is 11.8 Å². The van der Waals surface area contributed by atoms with Crippen molar-refractivity contribution in [2.45, 2.75) is 43.2 Å². The Kier molecular flexibility index (Phi) is 6.64. The van der Waals surface area contributed by atoms with E-state index in [4.69, 9.17) is 4.74 Å². The number of carbonyl (C=O) groups excluding carboxylic acids is 4. The highest BCUT2D eigenvalue weighted by atomic mass is 16.5. The fourth-order valence-electron chi connectivity index (χ4n) is 6.19. The number of nitrogens with one attached hydrogen (secondary N) is 3. The molecule has 0 radical (unpaired) electrons. The fraction of sp³-hybridized carbons (Fsp3) is 0.387. The molecule has 3 heterocycles. The largest absolute Gasteiger partial charge is 0.496 e. The highest BCUT2D eigenvalue weighted by molar-refractivity contribution is 6.09. The first-order valence-electron chi connectivity index (χ1n) is 14.0. The van der Waals surface area contributed by atoms with E-state index in [9.17, 15) is 24.4 Å². The maximum atomic E-state index is 14.1. The molecule has 11 nitrogen and oxygen atoms in total. The summed E-state index contributed by atoms with van der Waals surface area (Å²) in [6.45, 7) is -0.0247. The Bertz CT molecular complexity index is 1670. The van der Waals surface area contributed by atoms with E-state index in [2.05, 4.69) is 21.7 Å². The molecule has 1 unspecified atom stereocenters. The van der Waals surface area contributed by atoms with E-state index in [1.807, 2.05) is 12.1 Å². The average Bonchev–Trinajstić information content (AvgIpc) is 3.44. The van der Waals surface area contributed by atoms with E-state index in [-0.39, 0.29) is 24.8 Å². The fourth-order valence-corrected chi connectivity index (χ4v) is 6.19. The molecule has 4 amide bonds. The molecule has 3 N–H and O–H groups in total. The van der Waals surface area contributed by atoms with Gasteiger partial charge in [-0.05, 0) is 54.3 Å². The zero-order valence-corrected chi connectivity index (χ0v) is 23.7. The van der Waals surface area contributed by atoms with E-state index in [0.29, 0.717) is 40.6 Å². The van der Waals surface area contributed by atoms with E-state index in [0.717, 1.165) is 23.7 Å². The number of H-pyrrole nitrogens is 1. The van der Waals surface area contributed by atoms with Crippen LogP contribution in [-0.4, -0.2) is 78.2 Å². The van der Waals surface area contributed by atoms with Gasteiger partial charge in [-0.25, -0.2) is 0 Å². The number of aromatic amines is 1. The second kappa shape index (κ2) is 10.2. The number of hydrogen-bond donors (Lipinski definition) is 3. The third kappa shape index (κ3) is 4.53. The number of carbonyl (C=O) groups is 4. The van der Waals surface area contributed by atoms with Gasteiger partial charge in [0.15, 0.2) is 0 Å². The molecule has 0 bridgehead atoms. The first kappa shape index (κ1) is 27.3. The highest BCUT2D eigenvalue weighted by Gasteiger charge is 2.57. The number of amides is 4. The summed E-state index contributed by atoms with van der Waals surface area (Å²) in [4.78, 5) is 59.6. The molecule has 2 aromatic carbocycles. The molecule has 1 saturated heterocycles. The van der Waals surface area contributed by atoms with Crippen molar-refractivity contribution in [3.63, 3.8) is 0 Å². The number of anilines is 1. The van der Waals surface area contributed by atoms with Gasteiger partial charge in [-0.15, -0.1) is 0 Å². The second-order valence-corrected chi connectivity index (χ2v) is 11.6. The van der Waals surface area contributed by atoms with Crippen molar-refractivity contribution in [1.82, 2.24) is 20.1 Å². The van der Waals surface area contributed by atoms with Crippen molar-refractivity contribution in [1.29, 1.82) is 5.26 Å². The Morgan fingerprint density at radius 2 is 2.00 bits per heavy atom. The van der Waals surface area contributed by atoms with Crippen LogP contribution in [0, 0.1) is 17.2 Å². The molecular formula is C31H32N6O5. The summed E-state index contributed by atoms with van der Waals surface area (Å²) in [5.41, 5.74) is 1.44. The lowest BCUT2D eigenvalue weighted by atomic mass is 9.79. The van der Waals surface area contributed by atoms with Crippen molar-refractivity contribution in [2.75, 3.05) is 33.1 Å². The van der Waals surface area contributed by atoms with Crippen LogP contribution < -0.4 is 15.4 Å². The van der Waals surface area contributed by atoms with Crippen LogP contribution in [0.2, 0.25) is 0 Å². The Labute approximate surface area is 242 Å². The van der Waals surface area contributed by atoms with Crippen LogP contribution in [0.1, 0.15) is 52.1 Å². The Morgan fingerprint density at radius 1 is 1.21 bits per heavy atom. The minimum atomic E-state index is -1.17. The minimum absolute atomic E-state index is 0.0247. The number of benzene rings is 2. The molecule has 1 aromatic heterocycles. The number of hydrogen-bond acceptors (Lipinski definition) is 6. The second-order valence-electron chi connectivity index (χ2n) is 11.6. The van der Waals surface area contributed by atoms with Gasteiger partial charge in [0.25, 0.3) is 11.8 Å². The third-order valence-electron chi connectivity index (χ3n) is 8.62. The van der Waals surface area contributed by atoms with Crippen LogP contribution >= 0.6 is 0 Å². The predicted octanol–water partition coefficient (Wildman–Crippen LogP) is 2.79. The summed E-state index contributed by atoms with van der Waals surface area (Å²) in [5.74, 6) is -0.429. The number of nitrogens with zero attached hydrogens (tertiary/aromatic N) is 3. The van der Waals surface area contributed by atoms with Crippen molar-refractivity contribution in [2.24, 2.45) is 5.92 Å². The lowest BCUT2D eigenvalue weighted by molar-refractivity contribution is -0.133. The van der Waals surface area contributed by atoms with Crippen LogP contribution in [0.4, 0.5) is 5.69 Å². The van der Waals surface area contributed by atoms with Gasteiger partial charge >= 0.3 is 0 Å². The van der Waals surface area contributed by atoms with E-state index in [1.54, 1.807) is 51.5 Å². The minimum Gasteiger partial charge on any atom is -0.496 e. The molecular weight excluding hydrogens is 536 g/mol. The van der Waals surface area contributed by atoms with E-state index < -0.39 is 29.3 Å². The third-order valence-corrected chi connectivity index (χ3v) is 8.62. The number of nitriles is 1. The van der Waals surface area contributed by atoms with Gasteiger partial charge in [0.2, 0.25) is 11.8 Å². The first-order valence-corrected chi connectivity index (χ1v) is 14.0. The number of aromatic nitrogens is 1. The topological polar surface area (TPSA) is 148 Å². The summed E-state index contributed by atoms with van der Waals surface area (Å²) in [6, 6.07) is 12.7. The van der Waals surface area contributed by atoms with Crippen molar-refractivity contribution < 1.29 is 23.9 Å². The molecule has 11 heteroatoms. The standard InChI is InChI=1S/C31H32N6O5/c1-36(2)28(39)18-9-10-23-21(12-18)31(30(41)35-23)14-19(15-32)37(16-31)29(40)25(11-17-7-8-17)34-27(38)24-13-20-22(33-24)5-4-6-26(20)42-3/h4-6,9-10,12-13,17,19,25,33H,7-8,11,14,16H2,1-3H3,(H,34,38)(H,35,41)/t19-,25?,31-/m0/s1. The summed E-state index contributed by atoms with van der Waals surface area (Å²) in [6.07, 6.45) is 2.47. The molecule has 2 aliphatic heterocycles. The quantitative estimate of drug-likeness (QED) is 0.399. The highest BCUT2D eigenvalue weighted by Crippen LogP contribution is 2.47. The Morgan fingerprint density at radius 3 is 2.69 bits per heavy atom. The van der Waals surface area contributed by atoms with Crippen LogP contribution in [-0.2, 0) is 15.0 Å². The molecule has 3 aromatic rings. The molecule has 3 aliphatic rings. The van der Waals surface area contributed by atoms with E-state index in [1.165, 1.54) is 9.80 Å². The first-order chi connectivity index (χ1) is 20.1. The van der Waals surface area contributed by atoms with Crippen LogP contribution in [0.5, 0.6) is 5.75 Å². The van der Waals surface area contributed by atoms with Crippen LogP contribution in [0.15, 0.2) is 42.5 Å². The normalized spacial score (nSPS) is 21.5. The lowest BCUT2D eigenvalue weighted by Crippen LogP contribution is -2.51. The number of likely N-dealkylation sites (tertiary alicyclic amines) is 1. The monoisotopic (exact) mass is 568 g/mol. The smallest absolute Gasteiger partial charge is 0.268 e. The molecule has 1 saturated carbocycles. The number of fused-ring (bicyclic) bond motifs is 3. The number of methoxy groups -OCH3 is 1. The number of ether oxygens (including phenoxy) is 1. The summed E-state index contributed by atoms with van der Waals surface area (Å²) < 4.78 is 5.41. The summed E-state index contributed by atoms with van der Waals surface area (Å²) >= 11 is 0. The molecule has 1 aliphatic carbocycles. The maximum Gasteiger partial charge on any atom is 0.268 e. The van der Waals surface area contributed by atoms with E-state index >= 15 is 0 Å². The zero-order chi connectivity index (χ0) is 29.8. The van der Waals surface area contributed by atoms with Gasteiger partial charge in [0.1, 0.15) is 23.5 Å². The van der Waals surface area contributed by atoms with Gasteiger partial charge in [-0.3, -0.25) is 19.2 Å². The van der Waals surface area contributed by atoms with Crippen LogP contribution in [0.25, 0.3) is 10.9 Å². The average molecular weight is 569 g/mol. The number of rotatable bonds is 7. The molecule has 42 heavy (non-hydrogen) atoms. The maximum absolute atomic E-state index is 14.1. The van der Waals surface area contributed by atoms with Crippen LogP contribution in [0.3, 0.4) is 0 Å². The lowest BCUT2D eigenvalue weighted by Gasteiger charge is -2.27. The van der Waals surface area contributed by atoms with Crippen molar-refractivity contribution >= 4 is 40.2 Å². The zero-order valence-electron chi connectivity index (χ0n) is 23.7. The molecule has 216 valence electrons. The molecule has 1 spiro atoms. The predicted molar refractivity (Wildman–Crippen MR) is 154 cm³/mol. The van der Waals surface area contributed by atoms with Crippen molar-refractivity contribution in [3.05, 3.63) is 59.3 Å². The van der Waals surface area contributed by atoms with Gasteiger partial charge in [0, 0.05) is 49.2 Å². The van der Waals surface area contributed by atoms with Gasteiger partial charge in [0.05, 0.1) is 18.6 Å². The molecule has 3 atom stereocenters. The Balaban J connectivity index is 1.29. The van der Waals surface area contributed by atoms with Gasteiger partial charge < -0.3 is 30.2 Å². The van der Waals surface area contributed by atoms with Gasteiger partial charge in [-0.1, -0.05) is 18.9 Å². The molecule has 2 fully saturated rings. The Hall–Kier alpha value is -4.85. The SMILES string of the molecule is COc1cccc2[nH]c(C(=O)NC(CC3CC3)C(=O)N3C[C@]4(C[C@H]3C#N)C(=O)Nc3ccc(C(=O)N(C)C)cc34)cc12. The van der Waals surface area contributed by atoms with Gasteiger partial charge in [-0.2, -0.15) is 5.26 Å². The molecule has 6 rings (SSSR count). The summed E-state index contributed by atoms with van der Waals surface area (Å²) in [5, 5.41) is 16.6. The summed E-state index contributed by atoms with van der Waals surface area (Å²) in [7, 11) is 4.86.